The van der Waals surface area contributed by atoms with Gasteiger partial charge in [-0.2, -0.15) is 0 Å². The molecule has 0 bridgehead atoms. The van der Waals surface area contributed by atoms with Gasteiger partial charge in [-0.05, 0) is 19.8 Å². The molecule has 0 aromatic carbocycles. The summed E-state index contributed by atoms with van der Waals surface area (Å²) in [6, 6.07) is 1.65. The van der Waals surface area contributed by atoms with Gasteiger partial charge in [0.25, 0.3) is 0 Å². The molecule has 0 saturated carbocycles. The van der Waals surface area contributed by atoms with E-state index in [4.69, 9.17) is 0 Å². The van der Waals surface area contributed by atoms with Crippen LogP contribution in [0.25, 0.3) is 0 Å². The second kappa shape index (κ2) is 5.61. The van der Waals surface area contributed by atoms with E-state index in [1.807, 2.05) is 0 Å². The Morgan fingerprint density at radius 2 is 1.62 bits per heavy atom. The van der Waals surface area contributed by atoms with Crippen LogP contribution in [0, 0.1) is 5.92 Å². The van der Waals surface area contributed by atoms with Crippen molar-refractivity contribution in [1.29, 1.82) is 0 Å². The topological polar surface area (TPSA) is 25.0 Å². The first-order valence-electron chi connectivity index (χ1n) is 5.08. The Balaban J connectivity index is 0.000000206. The lowest BCUT2D eigenvalue weighted by molar-refractivity contribution is 0.460. The van der Waals surface area contributed by atoms with Crippen molar-refractivity contribution in [3.8, 4) is 0 Å². The van der Waals surface area contributed by atoms with E-state index in [-0.39, 0.29) is 7.43 Å². The van der Waals surface area contributed by atoms with Crippen molar-refractivity contribution in [2.45, 2.75) is 47.2 Å². The van der Waals surface area contributed by atoms with Crippen LogP contribution in [0.15, 0.2) is 0 Å². The Bertz CT molecular complexity index is 108. The molecule has 2 rings (SSSR count). The molecule has 1 atom stereocenters. The van der Waals surface area contributed by atoms with Crippen LogP contribution in [0.3, 0.4) is 0 Å². The Hall–Kier alpha value is -0.0800. The van der Waals surface area contributed by atoms with E-state index >= 15 is 0 Å². The molecule has 2 fully saturated rings. The Kier molecular flexibility index (Phi) is 5.57. The van der Waals surface area contributed by atoms with Crippen LogP contribution >= 0.6 is 0 Å². The molecule has 0 spiro atoms. The molecule has 2 aliphatic heterocycles. The van der Waals surface area contributed by atoms with E-state index in [1.165, 1.54) is 19.6 Å². The summed E-state index contributed by atoms with van der Waals surface area (Å²) < 4.78 is 0. The van der Waals surface area contributed by atoms with Gasteiger partial charge in [-0.1, -0.05) is 21.3 Å². The average Bonchev–Trinajstić information content (AvgIpc) is 2.85. The van der Waals surface area contributed by atoms with E-state index in [0.29, 0.717) is 0 Å². The van der Waals surface area contributed by atoms with E-state index in [1.54, 1.807) is 0 Å². The minimum Gasteiger partial charge on any atom is -0.311 e. The van der Waals surface area contributed by atoms with E-state index in [2.05, 4.69) is 37.9 Å². The fourth-order valence-electron chi connectivity index (χ4n) is 1.11. The fraction of sp³-hybridized carbons (Fsp3) is 1.00. The maximum absolute atomic E-state index is 3.23. The van der Waals surface area contributed by atoms with Gasteiger partial charge in [-0.25, -0.2) is 0 Å². The molecule has 2 aliphatic rings. The molecule has 0 aromatic rings. The number of nitrogens with one attached hydrogen (secondary N) is 1. The minimum atomic E-state index is 0. The molecule has 2 saturated heterocycles. The van der Waals surface area contributed by atoms with Gasteiger partial charge in [-0.15, -0.1) is 0 Å². The van der Waals surface area contributed by atoms with Crippen LogP contribution < -0.4 is 5.32 Å². The zero-order chi connectivity index (χ0) is 9.14. The van der Waals surface area contributed by atoms with Crippen molar-refractivity contribution in [1.82, 2.24) is 10.2 Å². The molecule has 2 nitrogen and oxygen atoms in total. The number of hydrogen-bond acceptors (Lipinski definition) is 2. The molecule has 1 unspecified atom stereocenters. The van der Waals surface area contributed by atoms with Crippen LogP contribution in [0.2, 0.25) is 0 Å². The van der Waals surface area contributed by atoms with Crippen LogP contribution in [-0.4, -0.2) is 36.6 Å². The number of nitrogens with zero attached hydrogens (tertiary/aromatic N) is 1. The van der Waals surface area contributed by atoms with Crippen LogP contribution in [0.4, 0.5) is 0 Å². The molecular weight excluding hydrogens is 160 g/mol. The second-order valence-corrected chi connectivity index (χ2v) is 4.39. The van der Waals surface area contributed by atoms with E-state index in [0.717, 1.165) is 18.0 Å². The molecule has 2 heteroatoms. The maximum atomic E-state index is 3.23. The third-order valence-corrected chi connectivity index (χ3v) is 2.46. The van der Waals surface area contributed by atoms with E-state index in [9.17, 15) is 0 Å². The lowest BCUT2D eigenvalue weighted by atomic mass is 10.1. The summed E-state index contributed by atoms with van der Waals surface area (Å²) in [6.45, 7) is 12.8. The lowest BCUT2D eigenvalue weighted by Gasteiger charge is -1.99. The molecule has 0 aromatic heterocycles. The van der Waals surface area contributed by atoms with Crippen molar-refractivity contribution in [2.24, 2.45) is 5.92 Å². The predicted molar refractivity (Wildman–Crippen MR) is 60.1 cm³/mol. The molecule has 1 N–H and O–H groups in total. The molecule has 13 heavy (non-hydrogen) atoms. The van der Waals surface area contributed by atoms with Crippen molar-refractivity contribution in [3.05, 3.63) is 0 Å². The summed E-state index contributed by atoms with van der Waals surface area (Å²) in [5.41, 5.74) is 0. The zero-order valence-corrected chi connectivity index (χ0v) is 8.80. The highest BCUT2D eigenvalue weighted by atomic mass is 15.3. The van der Waals surface area contributed by atoms with Crippen LogP contribution in [-0.2, 0) is 0 Å². The summed E-state index contributed by atoms with van der Waals surface area (Å²) in [4.78, 5) is 2.42. The molecule has 2 heterocycles. The normalized spacial score (nSPS) is 24.9. The van der Waals surface area contributed by atoms with Gasteiger partial charge in [0.05, 0.1) is 0 Å². The molecule has 0 radical (unpaired) electrons. The first-order chi connectivity index (χ1) is 5.61. The predicted octanol–water partition coefficient (Wildman–Crippen LogP) is 1.96. The Morgan fingerprint density at radius 1 is 1.15 bits per heavy atom. The number of rotatable bonds is 2. The van der Waals surface area contributed by atoms with Gasteiger partial charge in [0.1, 0.15) is 0 Å². The fourth-order valence-corrected chi connectivity index (χ4v) is 1.11. The largest absolute Gasteiger partial charge is 0.311 e. The highest BCUT2D eigenvalue weighted by molar-refractivity contribution is 4.85. The smallest absolute Gasteiger partial charge is 0.0216 e. The molecular formula is C11H26N2. The van der Waals surface area contributed by atoms with Crippen LogP contribution in [0.5, 0.6) is 0 Å². The third kappa shape index (κ3) is 6.05. The highest BCUT2D eigenvalue weighted by Crippen LogP contribution is 2.08. The SMILES string of the molecule is C.CC(C)C1CN1.CC(C)N1CC1. The quantitative estimate of drug-likeness (QED) is 0.667. The summed E-state index contributed by atoms with van der Waals surface area (Å²) >= 11 is 0. The standard InChI is InChI=1S/2C5H11N.CH4/c1-5(2)6-3-4-6;1-4(2)5-3-6-5;/h5H,3-4H2,1-2H3;4-6H,3H2,1-2H3;1H4. The first-order valence-corrected chi connectivity index (χ1v) is 5.08. The zero-order valence-electron chi connectivity index (χ0n) is 8.80. The van der Waals surface area contributed by atoms with Gasteiger partial charge in [0.15, 0.2) is 0 Å². The van der Waals surface area contributed by atoms with Crippen molar-refractivity contribution in [3.63, 3.8) is 0 Å². The monoisotopic (exact) mass is 186 g/mol. The molecule has 0 aliphatic carbocycles. The summed E-state index contributed by atoms with van der Waals surface area (Å²) in [5.74, 6) is 0.852. The average molecular weight is 186 g/mol. The van der Waals surface area contributed by atoms with Gasteiger partial charge >= 0.3 is 0 Å². The van der Waals surface area contributed by atoms with Gasteiger partial charge in [-0.3, -0.25) is 4.90 Å². The molecule has 80 valence electrons. The summed E-state index contributed by atoms with van der Waals surface area (Å²) in [5, 5.41) is 3.23. The van der Waals surface area contributed by atoms with Gasteiger partial charge in [0.2, 0.25) is 0 Å². The summed E-state index contributed by atoms with van der Waals surface area (Å²) in [7, 11) is 0. The summed E-state index contributed by atoms with van der Waals surface area (Å²) in [6.07, 6.45) is 0. The first kappa shape index (κ1) is 12.9. The maximum Gasteiger partial charge on any atom is 0.0216 e. The minimum absolute atomic E-state index is 0. The lowest BCUT2D eigenvalue weighted by Crippen LogP contribution is -2.06. The second-order valence-electron chi connectivity index (χ2n) is 4.39. The van der Waals surface area contributed by atoms with Crippen LogP contribution in [0.1, 0.15) is 35.1 Å². The van der Waals surface area contributed by atoms with Gasteiger partial charge < -0.3 is 5.32 Å². The highest BCUT2D eigenvalue weighted by Gasteiger charge is 2.22. The Morgan fingerprint density at radius 3 is 1.62 bits per heavy atom. The Labute approximate surface area is 83.7 Å². The van der Waals surface area contributed by atoms with Gasteiger partial charge in [0, 0.05) is 31.7 Å². The third-order valence-electron chi connectivity index (χ3n) is 2.46. The van der Waals surface area contributed by atoms with Crippen molar-refractivity contribution in [2.75, 3.05) is 19.6 Å². The molecule has 0 amide bonds. The van der Waals surface area contributed by atoms with Crippen molar-refractivity contribution >= 4 is 0 Å². The number of hydrogen-bond donors (Lipinski definition) is 1. The van der Waals surface area contributed by atoms with E-state index < -0.39 is 0 Å². The van der Waals surface area contributed by atoms with Crippen molar-refractivity contribution < 1.29 is 0 Å².